The van der Waals surface area contributed by atoms with Gasteiger partial charge in [0.2, 0.25) is 11.8 Å². The van der Waals surface area contributed by atoms with E-state index >= 15 is 0 Å². The van der Waals surface area contributed by atoms with Crippen molar-refractivity contribution in [2.75, 3.05) is 24.2 Å². The van der Waals surface area contributed by atoms with Crippen LogP contribution in [0.2, 0.25) is 0 Å². The molecule has 0 spiro atoms. The number of aromatic nitrogens is 3. The topological polar surface area (TPSA) is 99.1 Å². The summed E-state index contributed by atoms with van der Waals surface area (Å²) in [6.45, 7) is 4.84. The number of aryl methyl sites for hydroxylation is 1. The van der Waals surface area contributed by atoms with Crippen LogP contribution < -0.4 is 15.8 Å². The van der Waals surface area contributed by atoms with E-state index in [2.05, 4.69) is 20.4 Å². The Morgan fingerprint density at radius 3 is 2.89 bits per heavy atom. The Kier molecular flexibility index (Phi) is 4.17. The van der Waals surface area contributed by atoms with Crippen LogP contribution in [0.25, 0.3) is 0 Å². The van der Waals surface area contributed by atoms with Crippen LogP contribution in [0.15, 0.2) is 16.7 Å². The van der Waals surface area contributed by atoms with Crippen LogP contribution in [-0.4, -0.2) is 28.3 Å². The first kappa shape index (κ1) is 13.1. The van der Waals surface area contributed by atoms with E-state index in [1.807, 2.05) is 6.92 Å². The van der Waals surface area contributed by atoms with Crippen molar-refractivity contribution in [2.45, 2.75) is 20.3 Å². The quantitative estimate of drug-likeness (QED) is 0.812. The number of nitrogens with one attached hydrogen (secondary N) is 1. The summed E-state index contributed by atoms with van der Waals surface area (Å²) < 4.78 is 10.2. The van der Waals surface area contributed by atoms with Gasteiger partial charge in [-0.3, -0.25) is 0 Å². The Balaban J connectivity index is 1.90. The van der Waals surface area contributed by atoms with Gasteiger partial charge in [-0.2, -0.15) is 9.97 Å². The third-order valence-corrected chi connectivity index (χ3v) is 2.40. The lowest BCUT2D eigenvalue weighted by atomic mass is 10.3. The number of hydrogen-bond acceptors (Lipinski definition) is 7. The molecule has 0 aliphatic carbocycles. The number of hydrogen-bond donors (Lipinski definition) is 2. The highest BCUT2D eigenvalue weighted by Crippen LogP contribution is 2.20. The molecule has 0 amide bonds. The summed E-state index contributed by atoms with van der Waals surface area (Å²) in [4.78, 5) is 8.40. The van der Waals surface area contributed by atoms with E-state index in [1.165, 1.54) is 0 Å². The Bertz CT molecular complexity index is 541. The van der Waals surface area contributed by atoms with Crippen LogP contribution in [0.4, 0.5) is 11.5 Å². The van der Waals surface area contributed by atoms with E-state index in [-0.39, 0.29) is 0 Å². The van der Waals surface area contributed by atoms with E-state index in [4.69, 9.17) is 15.0 Å². The molecule has 7 heteroatoms. The molecule has 7 nitrogen and oxygen atoms in total. The predicted molar refractivity (Wildman–Crippen MR) is 71.0 cm³/mol. The van der Waals surface area contributed by atoms with Crippen LogP contribution in [0.3, 0.4) is 0 Å². The van der Waals surface area contributed by atoms with Gasteiger partial charge in [0.05, 0.1) is 12.3 Å². The van der Waals surface area contributed by atoms with Gasteiger partial charge in [0.15, 0.2) is 5.82 Å². The molecule has 2 aromatic rings. The van der Waals surface area contributed by atoms with Crippen molar-refractivity contribution >= 4 is 11.5 Å². The molecule has 0 saturated heterocycles. The molecule has 0 aromatic carbocycles. The number of anilines is 2. The van der Waals surface area contributed by atoms with Crippen molar-refractivity contribution < 1.29 is 9.26 Å². The molecule has 2 rings (SSSR count). The smallest absolute Gasteiger partial charge is 0.239 e. The Hall–Kier alpha value is -2.31. The number of rotatable bonds is 6. The van der Waals surface area contributed by atoms with E-state index in [0.29, 0.717) is 48.7 Å². The summed E-state index contributed by atoms with van der Waals surface area (Å²) in [6, 6.07) is 3.57. The number of ether oxygens (including phenoxy) is 1. The lowest BCUT2D eigenvalue weighted by molar-refractivity contribution is 0.329. The molecule has 0 saturated carbocycles. The minimum Gasteiger partial charge on any atom is -0.476 e. The number of nitrogens with two attached hydrogens (primary N) is 1. The van der Waals surface area contributed by atoms with E-state index in [0.717, 1.165) is 0 Å². The van der Waals surface area contributed by atoms with Crippen molar-refractivity contribution in [2.24, 2.45) is 0 Å². The zero-order chi connectivity index (χ0) is 13.7. The second-order valence-electron chi connectivity index (χ2n) is 3.93. The van der Waals surface area contributed by atoms with Crippen LogP contribution in [0.5, 0.6) is 5.88 Å². The third kappa shape index (κ3) is 3.57. The Labute approximate surface area is 111 Å². The Morgan fingerprint density at radius 2 is 2.21 bits per heavy atom. The standard InChI is InChI=1S/C12H17N5O2/c1-3-18-12-9(13)4-5-10(16-12)14-7-6-11-15-8(2)19-17-11/h4-5H,3,6-7,13H2,1-2H3,(H,14,16). The molecule has 2 aromatic heterocycles. The molecule has 0 aliphatic heterocycles. The molecule has 0 radical (unpaired) electrons. The SMILES string of the molecule is CCOc1nc(NCCc2noc(C)n2)ccc1N. The first-order valence-corrected chi connectivity index (χ1v) is 6.11. The zero-order valence-electron chi connectivity index (χ0n) is 11.0. The van der Waals surface area contributed by atoms with Crippen LogP contribution in [0, 0.1) is 6.92 Å². The summed E-state index contributed by atoms with van der Waals surface area (Å²) in [5.74, 6) is 2.39. The van der Waals surface area contributed by atoms with E-state index in [9.17, 15) is 0 Å². The average molecular weight is 263 g/mol. The fourth-order valence-electron chi connectivity index (χ4n) is 1.55. The monoisotopic (exact) mass is 263 g/mol. The zero-order valence-corrected chi connectivity index (χ0v) is 11.0. The van der Waals surface area contributed by atoms with Crippen molar-refractivity contribution in [1.82, 2.24) is 15.1 Å². The van der Waals surface area contributed by atoms with Gasteiger partial charge >= 0.3 is 0 Å². The maximum absolute atomic E-state index is 5.75. The predicted octanol–water partition coefficient (Wildman–Crippen LogP) is 1.41. The molecule has 0 bridgehead atoms. The van der Waals surface area contributed by atoms with Crippen molar-refractivity contribution in [1.29, 1.82) is 0 Å². The van der Waals surface area contributed by atoms with Gasteiger partial charge in [0, 0.05) is 19.9 Å². The minimum absolute atomic E-state index is 0.447. The lowest BCUT2D eigenvalue weighted by Gasteiger charge is -2.09. The van der Waals surface area contributed by atoms with Gasteiger partial charge in [-0.05, 0) is 19.1 Å². The summed E-state index contributed by atoms with van der Waals surface area (Å²) >= 11 is 0. The normalized spacial score (nSPS) is 10.4. The maximum Gasteiger partial charge on any atom is 0.239 e. The molecule has 0 unspecified atom stereocenters. The number of nitrogens with zero attached hydrogens (tertiary/aromatic N) is 3. The summed E-state index contributed by atoms with van der Waals surface area (Å²) in [5, 5.41) is 6.98. The lowest BCUT2D eigenvalue weighted by Crippen LogP contribution is -2.08. The second kappa shape index (κ2) is 6.03. The largest absolute Gasteiger partial charge is 0.476 e. The third-order valence-electron chi connectivity index (χ3n) is 2.40. The molecule has 19 heavy (non-hydrogen) atoms. The Morgan fingerprint density at radius 1 is 1.37 bits per heavy atom. The van der Waals surface area contributed by atoms with Gasteiger partial charge in [0.1, 0.15) is 5.82 Å². The fourth-order valence-corrected chi connectivity index (χ4v) is 1.55. The summed E-state index contributed by atoms with van der Waals surface area (Å²) in [5.41, 5.74) is 6.28. The molecule has 0 aliphatic rings. The number of nitrogen functional groups attached to an aromatic ring is 1. The molecule has 102 valence electrons. The minimum atomic E-state index is 0.447. The van der Waals surface area contributed by atoms with E-state index < -0.39 is 0 Å². The molecular formula is C12H17N5O2. The molecule has 3 N–H and O–H groups in total. The summed E-state index contributed by atoms with van der Waals surface area (Å²) in [7, 11) is 0. The van der Waals surface area contributed by atoms with Crippen LogP contribution in [-0.2, 0) is 6.42 Å². The molecular weight excluding hydrogens is 246 g/mol. The highest BCUT2D eigenvalue weighted by Gasteiger charge is 2.05. The molecule has 2 heterocycles. The van der Waals surface area contributed by atoms with Crippen molar-refractivity contribution in [3.05, 3.63) is 23.8 Å². The van der Waals surface area contributed by atoms with E-state index in [1.54, 1.807) is 19.1 Å². The summed E-state index contributed by atoms with van der Waals surface area (Å²) in [6.07, 6.45) is 0.660. The maximum atomic E-state index is 5.75. The van der Waals surface area contributed by atoms with Crippen molar-refractivity contribution in [3.8, 4) is 5.88 Å². The van der Waals surface area contributed by atoms with Gasteiger partial charge in [-0.15, -0.1) is 0 Å². The van der Waals surface area contributed by atoms with Gasteiger partial charge < -0.3 is 20.3 Å². The highest BCUT2D eigenvalue weighted by molar-refractivity contribution is 5.53. The second-order valence-corrected chi connectivity index (χ2v) is 3.93. The number of pyridine rings is 1. The van der Waals surface area contributed by atoms with Gasteiger partial charge in [-0.25, -0.2) is 0 Å². The van der Waals surface area contributed by atoms with Gasteiger partial charge in [-0.1, -0.05) is 5.16 Å². The van der Waals surface area contributed by atoms with Crippen LogP contribution >= 0.6 is 0 Å². The highest BCUT2D eigenvalue weighted by atomic mass is 16.5. The molecule has 0 atom stereocenters. The first-order chi connectivity index (χ1) is 9.19. The van der Waals surface area contributed by atoms with Crippen molar-refractivity contribution in [3.63, 3.8) is 0 Å². The fraction of sp³-hybridized carbons (Fsp3) is 0.417. The molecule has 0 fully saturated rings. The first-order valence-electron chi connectivity index (χ1n) is 6.11. The van der Waals surface area contributed by atoms with Gasteiger partial charge in [0.25, 0.3) is 0 Å². The van der Waals surface area contributed by atoms with Crippen LogP contribution in [0.1, 0.15) is 18.6 Å². The average Bonchev–Trinajstić information content (AvgIpc) is 2.79.